The number of hydrogen-bond donors (Lipinski definition) is 1. The number of rotatable bonds is 2. The van der Waals surface area contributed by atoms with Gasteiger partial charge in [0.15, 0.2) is 0 Å². The molecule has 2 heterocycles. The maximum atomic E-state index is 6.08. The summed E-state index contributed by atoms with van der Waals surface area (Å²) in [7, 11) is 0. The molecule has 2 rings (SSSR count). The summed E-state index contributed by atoms with van der Waals surface area (Å²) in [5.74, 6) is 0.665. The highest BCUT2D eigenvalue weighted by Gasteiger charge is 2.37. The Kier molecular flexibility index (Phi) is 3.57. The first-order valence-corrected chi connectivity index (χ1v) is 6.63. The maximum Gasteiger partial charge on any atom is 0.113 e. The van der Waals surface area contributed by atoms with Crippen molar-refractivity contribution in [2.24, 2.45) is 5.92 Å². The third-order valence-corrected chi connectivity index (χ3v) is 3.82. The van der Waals surface area contributed by atoms with Crippen molar-refractivity contribution >= 4 is 0 Å². The molecule has 16 heavy (non-hydrogen) atoms. The molecule has 2 aliphatic heterocycles. The lowest BCUT2D eigenvalue weighted by molar-refractivity contribution is -0.0592. The van der Waals surface area contributed by atoms with E-state index in [1.165, 1.54) is 25.9 Å². The molecule has 3 heteroatoms. The van der Waals surface area contributed by atoms with Gasteiger partial charge in [-0.15, -0.1) is 0 Å². The lowest BCUT2D eigenvalue weighted by Gasteiger charge is -2.37. The van der Waals surface area contributed by atoms with Gasteiger partial charge in [-0.2, -0.15) is 0 Å². The van der Waals surface area contributed by atoms with E-state index in [2.05, 4.69) is 37.9 Å². The topological polar surface area (TPSA) is 24.5 Å². The van der Waals surface area contributed by atoms with Crippen LogP contribution < -0.4 is 5.32 Å². The Morgan fingerprint density at radius 1 is 1.38 bits per heavy atom. The lowest BCUT2D eigenvalue weighted by Crippen LogP contribution is -2.46. The summed E-state index contributed by atoms with van der Waals surface area (Å²) in [6, 6.07) is 0.664. The van der Waals surface area contributed by atoms with E-state index in [0.717, 1.165) is 6.54 Å². The van der Waals surface area contributed by atoms with E-state index in [1.54, 1.807) is 0 Å². The van der Waals surface area contributed by atoms with Crippen molar-refractivity contribution in [1.82, 2.24) is 10.2 Å². The van der Waals surface area contributed by atoms with Crippen LogP contribution in [0.15, 0.2) is 0 Å². The minimum atomic E-state index is 0.0186. The predicted octanol–water partition coefficient (Wildman–Crippen LogP) is 1.83. The molecule has 0 amide bonds. The molecule has 2 unspecified atom stereocenters. The molecule has 94 valence electrons. The van der Waals surface area contributed by atoms with E-state index in [9.17, 15) is 0 Å². The molecule has 3 nitrogen and oxygen atoms in total. The first-order chi connectivity index (χ1) is 7.48. The quantitative estimate of drug-likeness (QED) is 0.777. The van der Waals surface area contributed by atoms with Gasteiger partial charge in [-0.25, -0.2) is 0 Å². The molecule has 1 N–H and O–H groups in total. The summed E-state index contributed by atoms with van der Waals surface area (Å²) in [4.78, 5) is 2.57. The average molecular weight is 226 g/mol. The zero-order chi connectivity index (χ0) is 11.8. The van der Waals surface area contributed by atoms with Crippen LogP contribution in [0.2, 0.25) is 0 Å². The fourth-order valence-electron chi connectivity index (χ4n) is 2.79. The van der Waals surface area contributed by atoms with Gasteiger partial charge in [-0.05, 0) is 47.1 Å². The van der Waals surface area contributed by atoms with Gasteiger partial charge in [0.05, 0.1) is 5.60 Å². The van der Waals surface area contributed by atoms with Gasteiger partial charge in [0.2, 0.25) is 0 Å². The average Bonchev–Trinajstić information content (AvgIpc) is 2.59. The lowest BCUT2D eigenvalue weighted by atomic mass is 9.95. The van der Waals surface area contributed by atoms with E-state index < -0.39 is 0 Å². The van der Waals surface area contributed by atoms with Gasteiger partial charge in [-0.1, -0.05) is 0 Å². The number of nitrogens with one attached hydrogen (secondary N) is 1. The number of ether oxygens (including phenoxy) is 1. The van der Waals surface area contributed by atoms with Crippen molar-refractivity contribution in [2.75, 3.05) is 19.6 Å². The summed E-state index contributed by atoms with van der Waals surface area (Å²) in [5.41, 5.74) is 0.0186. The van der Waals surface area contributed by atoms with Gasteiger partial charge < -0.3 is 9.64 Å². The van der Waals surface area contributed by atoms with Crippen LogP contribution in [-0.2, 0) is 4.74 Å². The summed E-state index contributed by atoms with van der Waals surface area (Å²) >= 11 is 0. The Bertz CT molecular complexity index is 240. The molecule has 0 aliphatic carbocycles. The first-order valence-electron chi connectivity index (χ1n) is 6.63. The van der Waals surface area contributed by atoms with Crippen molar-refractivity contribution in [1.29, 1.82) is 0 Å². The monoisotopic (exact) mass is 226 g/mol. The van der Waals surface area contributed by atoms with E-state index in [-0.39, 0.29) is 11.8 Å². The number of hydrogen-bond acceptors (Lipinski definition) is 3. The highest BCUT2D eigenvalue weighted by atomic mass is 16.5. The van der Waals surface area contributed by atoms with Crippen molar-refractivity contribution in [3.05, 3.63) is 0 Å². The zero-order valence-electron chi connectivity index (χ0n) is 11.1. The van der Waals surface area contributed by atoms with Crippen molar-refractivity contribution in [3.63, 3.8) is 0 Å². The fourth-order valence-corrected chi connectivity index (χ4v) is 2.79. The summed E-state index contributed by atoms with van der Waals surface area (Å²) in [6.07, 6.45) is 2.89. The van der Waals surface area contributed by atoms with E-state index >= 15 is 0 Å². The second kappa shape index (κ2) is 4.63. The molecule has 2 fully saturated rings. The predicted molar refractivity (Wildman–Crippen MR) is 66.4 cm³/mol. The molecule has 0 aromatic carbocycles. The van der Waals surface area contributed by atoms with Crippen LogP contribution in [-0.4, -0.2) is 42.4 Å². The standard InChI is InChI=1S/C13H26N2O/c1-10(2)15-7-5-6-11(8-15)12-14-9-13(3,4)16-12/h10-12,14H,5-9H2,1-4H3. The van der Waals surface area contributed by atoms with Crippen molar-refractivity contribution in [2.45, 2.75) is 58.4 Å². The molecular formula is C13H26N2O. The number of nitrogens with zero attached hydrogens (tertiary/aromatic N) is 1. The normalized spacial score (nSPS) is 35.8. The van der Waals surface area contributed by atoms with Gasteiger partial charge in [-0.3, -0.25) is 5.32 Å². The van der Waals surface area contributed by atoms with Crippen LogP contribution in [0, 0.1) is 5.92 Å². The summed E-state index contributed by atoms with van der Waals surface area (Å²) < 4.78 is 6.08. The molecule has 0 spiro atoms. The van der Waals surface area contributed by atoms with Crippen LogP contribution in [0.25, 0.3) is 0 Å². The first kappa shape index (κ1) is 12.3. The van der Waals surface area contributed by atoms with Crippen LogP contribution in [0.4, 0.5) is 0 Å². The smallest absolute Gasteiger partial charge is 0.113 e. The number of piperidine rings is 1. The van der Waals surface area contributed by atoms with Gasteiger partial charge >= 0.3 is 0 Å². The molecule has 0 saturated carbocycles. The summed E-state index contributed by atoms with van der Waals surface area (Å²) in [5, 5.41) is 3.53. The van der Waals surface area contributed by atoms with Gasteiger partial charge in [0, 0.05) is 25.0 Å². The minimum Gasteiger partial charge on any atom is -0.356 e. The second-order valence-electron chi connectivity index (χ2n) is 6.17. The molecule has 2 saturated heterocycles. The maximum absolute atomic E-state index is 6.08. The molecule has 0 radical (unpaired) electrons. The Morgan fingerprint density at radius 2 is 2.12 bits per heavy atom. The largest absolute Gasteiger partial charge is 0.356 e. The third kappa shape index (κ3) is 2.76. The fraction of sp³-hybridized carbons (Fsp3) is 1.00. The van der Waals surface area contributed by atoms with Crippen molar-refractivity contribution in [3.8, 4) is 0 Å². The van der Waals surface area contributed by atoms with E-state index in [0.29, 0.717) is 12.0 Å². The van der Waals surface area contributed by atoms with Crippen LogP contribution in [0.3, 0.4) is 0 Å². The third-order valence-electron chi connectivity index (χ3n) is 3.82. The number of likely N-dealkylation sites (tertiary alicyclic amines) is 1. The Balaban J connectivity index is 1.90. The van der Waals surface area contributed by atoms with Gasteiger partial charge in [0.25, 0.3) is 0 Å². The van der Waals surface area contributed by atoms with Crippen LogP contribution >= 0.6 is 0 Å². The highest BCUT2D eigenvalue weighted by Crippen LogP contribution is 2.28. The Hall–Kier alpha value is -0.120. The molecule has 2 atom stereocenters. The van der Waals surface area contributed by atoms with E-state index in [1.807, 2.05) is 0 Å². The molecular weight excluding hydrogens is 200 g/mol. The van der Waals surface area contributed by atoms with Crippen LogP contribution in [0.1, 0.15) is 40.5 Å². The highest BCUT2D eigenvalue weighted by molar-refractivity contribution is 4.88. The molecule has 0 aromatic rings. The van der Waals surface area contributed by atoms with E-state index in [4.69, 9.17) is 4.74 Å². The molecule has 0 bridgehead atoms. The van der Waals surface area contributed by atoms with Crippen LogP contribution in [0.5, 0.6) is 0 Å². The Morgan fingerprint density at radius 3 is 2.69 bits per heavy atom. The van der Waals surface area contributed by atoms with Gasteiger partial charge in [0.1, 0.15) is 6.23 Å². The minimum absolute atomic E-state index is 0.0186. The summed E-state index contributed by atoms with van der Waals surface area (Å²) in [6.45, 7) is 12.3. The van der Waals surface area contributed by atoms with Crippen molar-refractivity contribution < 1.29 is 4.74 Å². The SMILES string of the molecule is CC(C)N1CCCC(C2NCC(C)(C)O2)C1. The second-order valence-corrected chi connectivity index (χ2v) is 6.17. The Labute approximate surface area is 99.5 Å². The molecule has 0 aromatic heterocycles. The molecule has 2 aliphatic rings. The zero-order valence-corrected chi connectivity index (χ0v) is 11.1.